The normalized spacial score (nSPS) is 9.99. The SMILES string of the molecule is CCCCBr.CNCCn1c(Sc2ccccc2C)nc2c(N)nccc21.Cc1ccccc1Sc1nc2c(N)nccc2[nH]1.Cc1ccccc1Sc1nc2c(N)nccc2n1CCN.[CH3-].[CH3-].[CH3-].[Y].[Y].[Y]. The van der Waals surface area contributed by atoms with E-state index in [9.17, 15) is 0 Å². The summed E-state index contributed by atoms with van der Waals surface area (Å²) in [5, 5.41) is 7.01. The average Bonchev–Trinajstić information content (AvgIpc) is 4.01. The third kappa shape index (κ3) is 19.1. The fourth-order valence-electron chi connectivity index (χ4n) is 6.47. The largest absolute Gasteiger partial charge is 0.382 e. The van der Waals surface area contributed by atoms with Crippen molar-refractivity contribution in [2.45, 2.75) is 83.8 Å². The zero-order chi connectivity index (χ0) is 47.0. The first-order valence-corrected chi connectivity index (χ1v) is 25.1. The molecule has 0 amide bonds. The van der Waals surface area contributed by atoms with E-state index in [1.54, 1.807) is 53.9 Å². The number of aromatic nitrogens is 9. The maximum atomic E-state index is 5.98. The molecular formula is C51H66BrN14S3Y3-3. The molecule has 6 heterocycles. The van der Waals surface area contributed by atoms with Crippen LogP contribution in [0.15, 0.2) is 140 Å². The summed E-state index contributed by atoms with van der Waals surface area (Å²) in [5.41, 5.74) is 32.3. The molecule has 0 atom stereocenters. The number of aromatic amines is 1. The fraction of sp³-hybridized carbons (Fsp3) is 0.235. The predicted octanol–water partition coefficient (Wildman–Crippen LogP) is 11.6. The van der Waals surface area contributed by atoms with Gasteiger partial charge in [-0.2, -0.15) is 0 Å². The van der Waals surface area contributed by atoms with Gasteiger partial charge in [0.15, 0.2) is 32.9 Å². The number of benzene rings is 3. The number of likely N-dealkylation sites (N-methyl/N-ethyl adjacent to an activating group) is 1. The van der Waals surface area contributed by atoms with Crippen molar-refractivity contribution >= 4 is 102 Å². The van der Waals surface area contributed by atoms with Crippen molar-refractivity contribution in [3.63, 3.8) is 0 Å². The molecule has 0 bridgehead atoms. The minimum absolute atomic E-state index is 0. The van der Waals surface area contributed by atoms with Gasteiger partial charge >= 0.3 is 0 Å². The van der Waals surface area contributed by atoms with Crippen molar-refractivity contribution in [3.05, 3.63) is 149 Å². The van der Waals surface area contributed by atoms with Crippen LogP contribution in [0.4, 0.5) is 17.5 Å². The number of nitrogens with two attached hydrogens (primary N) is 4. The van der Waals surface area contributed by atoms with Gasteiger partial charge in [-0.1, -0.05) is 119 Å². The van der Waals surface area contributed by atoms with Crippen LogP contribution in [0.2, 0.25) is 0 Å². The van der Waals surface area contributed by atoms with Crippen LogP contribution in [0.1, 0.15) is 36.5 Å². The number of anilines is 3. The minimum Gasteiger partial charge on any atom is -0.382 e. The average molecular weight is 1320 g/mol. The van der Waals surface area contributed by atoms with Crippen LogP contribution in [0, 0.1) is 43.1 Å². The molecule has 3 aromatic carbocycles. The quantitative estimate of drug-likeness (QED) is 0.0467. The summed E-state index contributed by atoms with van der Waals surface area (Å²) in [4.78, 5) is 32.9. The van der Waals surface area contributed by atoms with Gasteiger partial charge in [-0.05, 0) is 87.3 Å². The van der Waals surface area contributed by atoms with E-state index in [1.165, 1.54) is 44.2 Å². The van der Waals surface area contributed by atoms with Crippen molar-refractivity contribution in [3.8, 4) is 0 Å². The van der Waals surface area contributed by atoms with Crippen molar-refractivity contribution in [1.82, 2.24) is 49.3 Å². The number of aryl methyl sites for hydroxylation is 3. The van der Waals surface area contributed by atoms with Crippen molar-refractivity contribution in [1.29, 1.82) is 0 Å². The molecule has 6 aromatic heterocycles. The van der Waals surface area contributed by atoms with E-state index in [1.807, 2.05) is 61.6 Å². The third-order valence-electron chi connectivity index (χ3n) is 10.0. The number of hydrogen-bond acceptors (Lipinski definition) is 14. The number of halogens is 1. The Morgan fingerprint density at radius 1 is 0.583 bits per heavy atom. The number of nitrogens with one attached hydrogen (secondary N) is 2. The van der Waals surface area contributed by atoms with Gasteiger partial charge in [0.25, 0.3) is 0 Å². The summed E-state index contributed by atoms with van der Waals surface area (Å²) in [5.74, 6) is 1.39. The van der Waals surface area contributed by atoms with E-state index in [0.29, 0.717) is 30.5 Å². The Hall–Kier alpha value is -2.32. The first-order chi connectivity index (χ1) is 32.1. The summed E-state index contributed by atoms with van der Waals surface area (Å²) in [6, 6.07) is 30.5. The number of fused-ring (bicyclic) bond motifs is 3. The Balaban J connectivity index is 0.000000966. The second-order valence-corrected chi connectivity index (χ2v) is 18.7. The summed E-state index contributed by atoms with van der Waals surface area (Å²) < 4.78 is 4.30. The maximum Gasteiger partial charge on any atom is 0.174 e. The summed E-state index contributed by atoms with van der Waals surface area (Å²) in [6.45, 7) is 11.4. The molecule has 72 heavy (non-hydrogen) atoms. The first kappa shape index (κ1) is 69.7. The molecule has 0 saturated carbocycles. The van der Waals surface area contributed by atoms with Gasteiger partial charge in [0.05, 0.1) is 16.6 Å². The number of nitrogens with zero attached hydrogens (tertiary/aromatic N) is 8. The van der Waals surface area contributed by atoms with Crippen molar-refractivity contribution in [2.24, 2.45) is 5.73 Å². The molecule has 14 nitrogen and oxygen atoms in total. The van der Waals surface area contributed by atoms with Gasteiger partial charge in [0.2, 0.25) is 0 Å². The van der Waals surface area contributed by atoms with Crippen molar-refractivity contribution < 1.29 is 98.1 Å². The van der Waals surface area contributed by atoms with Crippen LogP contribution in [-0.2, 0) is 111 Å². The molecule has 3 radical (unpaired) electrons. The van der Waals surface area contributed by atoms with Gasteiger partial charge in [0.1, 0.15) is 16.6 Å². The summed E-state index contributed by atoms with van der Waals surface area (Å²) in [6.07, 6.45) is 7.72. The predicted molar refractivity (Wildman–Crippen MR) is 299 cm³/mol. The molecular weight excluding hydrogens is 1250 g/mol. The van der Waals surface area contributed by atoms with E-state index < -0.39 is 0 Å². The zero-order valence-corrected chi connectivity index (χ0v) is 55.1. The second-order valence-electron chi connectivity index (χ2n) is 14.9. The smallest absolute Gasteiger partial charge is 0.174 e. The minimum atomic E-state index is 0. The number of nitrogen functional groups attached to an aromatic ring is 3. The molecule has 377 valence electrons. The van der Waals surface area contributed by atoms with Gasteiger partial charge in [-0.3, -0.25) is 0 Å². The molecule has 0 aliphatic carbocycles. The molecule has 21 heteroatoms. The van der Waals surface area contributed by atoms with E-state index in [4.69, 9.17) is 27.9 Å². The Morgan fingerprint density at radius 2 is 1.00 bits per heavy atom. The van der Waals surface area contributed by atoms with Crippen LogP contribution < -0.4 is 28.3 Å². The van der Waals surface area contributed by atoms with E-state index in [-0.39, 0.29) is 120 Å². The van der Waals surface area contributed by atoms with E-state index in [0.717, 1.165) is 67.0 Å². The number of alkyl halides is 1. The Labute approximate surface area is 523 Å². The monoisotopic (exact) mass is 1320 g/mol. The molecule has 0 unspecified atom stereocenters. The van der Waals surface area contributed by atoms with E-state index >= 15 is 0 Å². The number of pyridine rings is 3. The summed E-state index contributed by atoms with van der Waals surface area (Å²) in [7, 11) is 1.95. The van der Waals surface area contributed by atoms with Gasteiger partial charge in [-0.15, -0.1) is 0 Å². The molecule has 0 fully saturated rings. The van der Waals surface area contributed by atoms with E-state index in [2.05, 4.69) is 124 Å². The number of unbranched alkanes of at least 4 members (excludes halogenated alkanes) is 1. The van der Waals surface area contributed by atoms with Crippen LogP contribution in [0.3, 0.4) is 0 Å². The molecule has 0 aliphatic rings. The molecule has 0 aliphatic heterocycles. The number of rotatable bonds is 13. The van der Waals surface area contributed by atoms with Crippen LogP contribution in [0.5, 0.6) is 0 Å². The summed E-state index contributed by atoms with van der Waals surface area (Å²) >= 11 is 8.20. The van der Waals surface area contributed by atoms with Gasteiger partial charge in [0, 0.05) is 163 Å². The first-order valence-electron chi connectivity index (χ1n) is 21.5. The molecule has 9 aromatic rings. The fourth-order valence-corrected chi connectivity index (χ4v) is 9.93. The van der Waals surface area contributed by atoms with Gasteiger partial charge in [-0.25, -0.2) is 29.9 Å². The second kappa shape index (κ2) is 35.8. The topological polar surface area (TPSA) is 219 Å². The molecule has 0 spiro atoms. The van der Waals surface area contributed by atoms with Crippen LogP contribution in [0.25, 0.3) is 33.1 Å². The zero-order valence-electron chi connectivity index (χ0n) is 42.6. The van der Waals surface area contributed by atoms with Crippen LogP contribution >= 0.6 is 51.2 Å². The Bertz CT molecular complexity index is 2980. The Morgan fingerprint density at radius 3 is 1.39 bits per heavy atom. The standard InChI is InChI=1S/C16H19N5S.C15H17N5S.C13H12N4S.C4H9Br.3CH3.3Y/c1-11-5-3-4-6-13(11)22-16-20-14-12(7-8-19-15(14)17)21(16)10-9-18-2;1-10-4-2-3-5-12(10)21-15-19-13-11(20(15)9-7-16)6-8-18-14(13)17;1-8-4-2-3-5-10(8)18-13-16-9-6-7-15-12(14)11(9)17-13;1-2-3-4-5;;;;;;/h3-8,18H,9-10H2,1-2H3,(H2,17,19);2-6,8H,7,9,16H2,1H3,(H2,17,18);2-7H,1H3,(H2,14,15)(H,16,17);2-4H2,1H3;3*1H3;;;/q;;;;3*-1;;;. The van der Waals surface area contributed by atoms with Crippen molar-refractivity contribution in [2.75, 3.05) is 42.7 Å². The van der Waals surface area contributed by atoms with Gasteiger partial charge < -0.3 is 64.6 Å². The Kier molecular flexibility index (Phi) is 34.7. The number of hydrogen-bond donors (Lipinski definition) is 6. The number of H-pyrrole nitrogens is 1. The maximum absolute atomic E-state index is 5.98. The van der Waals surface area contributed by atoms with Crippen LogP contribution in [-0.4, -0.2) is 69.5 Å². The third-order valence-corrected chi connectivity index (χ3v) is 14.0. The molecule has 9 rings (SSSR count). The molecule has 10 N–H and O–H groups in total. The molecule has 0 saturated heterocycles. The number of imidazole rings is 3.